The van der Waals surface area contributed by atoms with Crippen molar-refractivity contribution in [2.24, 2.45) is 0 Å². The molecule has 25 heavy (non-hydrogen) atoms. The third kappa shape index (κ3) is 3.82. The first-order valence-electron chi connectivity index (χ1n) is 8.40. The fourth-order valence-electron chi connectivity index (χ4n) is 3.00. The molecule has 128 valence electrons. The summed E-state index contributed by atoms with van der Waals surface area (Å²) in [6.07, 6.45) is 0.606. The summed E-state index contributed by atoms with van der Waals surface area (Å²) in [5, 5.41) is 3.86. The highest BCUT2D eigenvalue weighted by molar-refractivity contribution is 6.06. The van der Waals surface area contributed by atoms with Crippen LogP contribution in [0.3, 0.4) is 0 Å². The fraction of sp³-hybridized carbons (Fsp3) is 0.300. The fourth-order valence-corrected chi connectivity index (χ4v) is 3.00. The smallest absolute Gasteiger partial charge is 0.252 e. The van der Waals surface area contributed by atoms with Crippen LogP contribution in [0.5, 0.6) is 0 Å². The molecule has 1 amide bonds. The lowest BCUT2D eigenvalue weighted by Crippen LogP contribution is -2.26. The summed E-state index contributed by atoms with van der Waals surface area (Å²) in [7, 11) is 0. The van der Waals surface area contributed by atoms with E-state index in [-0.39, 0.29) is 5.91 Å². The van der Waals surface area contributed by atoms with E-state index < -0.39 is 0 Å². The van der Waals surface area contributed by atoms with Crippen molar-refractivity contribution in [3.8, 4) is 0 Å². The zero-order valence-electron chi connectivity index (χ0n) is 15.1. The van der Waals surface area contributed by atoms with E-state index in [0.717, 1.165) is 39.4 Å². The molecule has 5 heteroatoms. The number of hydrogen-bond donors (Lipinski definition) is 1. The maximum atomic E-state index is 12.7. The van der Waals surface area contributed by atoms with Crippen LogP contribution in [-0.2, 0) is 6.42 Å². The Balaban J connectivity index is 1.77. The molecule has 2 aromatic heterocycles. The molecular weight excluding hydrogens is 312 g/mol. The summed E-state index contributed by atoms with van der Waals surface area (Å²) in [5.74, 6) is 0.662. The van der Waals surface area contributed by atoms with Gasteiger partial charge in [0.15, 0.2) is 0 Å². The van der Waals surface area contributed by atoms with Crippen LogP contribution in [-0.4, -0.2) is 27.4 Å². The standard InChI is InChI=1S/C20H22N4O/c1-12-6-5-7-16-17(11-15(4)24-19(12)16)20(25)21-9-8-18-22-13(2)10-14(3)23-18/h5-7,10-11H,8-9H2,1-4H3,(H,21,25). The minimum absolute atomic E-state index is 0.0922. The average molecular weight is 334 g/mol. The number of nitrogens with zero attached hydrogens (tertiary/aromatic N) is 3. The van der Waals surface area contributed by atoms with E-state index in [4.69, 9.17) is 0 Å². The Morgan fingerprint density at radius 2 is 1.64 bits per heavy atom. The summed E-state index contributed by atoms with van der Waals surface area (Å²) < 4.78 is 0. The van der Waals surface area contributed by atoms with Gasteiger partial charge >= 0.3 is 0 Å². The molecule has 3 rings (SSSR count). The Morgan fingerprint density at radius 3 is 2.36 bits per heavy atom. The van der Waals surface area contributed by atoms with E-state index in [0.29, 0.717) is 18.5 Å². The number of hydrogen-bond acceptors (Lipinski definition) is 4. The van der Waals surface area contributed by atoms with E-state index in [1.54, 1.807) is 0 Å². The second-order valence-electron chi connectivity index (χ2n) is 6.36. The van der Waals surface area contributed by atoms with Crippen molar-refractivity contribution in [3.05, 3.63) is 64.4 Å². The molecule has 1 N–H and O–H groups in total. The van der Waals surface area contributed by atoms with E-state index in [1.165, 1.54) is 0 Å². The highest BCUT2D eigenvalue weighted by atomic mass is 16.1. The molecule has 0 spiro atoms. The predicted octanol–water partition coefficient (Wildman–Crippen LogP) is 3.23. The number of pyridine rings is 1. The molecule has 0 bridgehead atoms. The highest BCUT2D eigenvalue weighted by Crippen LogP contribution is 2.21. The van der Waals surface area contributed by atoms with Crippen molar-refractivity contribution < 1.29 is 4.79 Å². The molecule has 0 saturated carbocycles. The number of fused-ring (bicyclic) bond motifs is 1. The molecule has 0 aliphatic carbocycles. The van der Waals surface area contributed by atoms with Crippen molar-refractivity contribution in [3.63, 3.8) is 0 Å². The maximum absolute atomic E-state index is 12.7. The van der Waals surface area contributed by atoms with E-state index in [1.807, 2.05) is 58.0 Å². The van der Waals surface area contributed by atoms with Crippen LogP contribution >= 0.6 is 0 Å². The Kier molecular flexibility index (Phi) is 4.74. The molecule has 1 aromatic carbocycles. The van der Waals surface area contributed by atoms with E-state index in [9.17, 15) is 4.79 Å². The van der Waals surface area contributed by atoms with Gasteiger partial charge in [-0.05, 0) is 45.4 Å². The van der Waals surface area contributed by atoms with Gasteiger partial charge in [0.05, 0.1) is 11.1 Å². The van der Waals surface area contributed by atoms with Crippen LogP contribution in [0.15, 0.2) is 30.3 Å². The van der Waals surface area contributed by atoms with Gasteiger partial charge in [0.25, 0.3) is 5.91 Å². The summed E-state index contributed by atoms with van der Waals surface area (Å²) in [4.78, 5) is 26.0. The minimum atomic E-state index is -0.0922. The van der Waals surface area contributed by atoms with Gasteiger partial charge < -0.3 is 5.32 Å². The van der Waals surface area contributed by atoms with Crippen LogP contribution in [0.4, 0.5) is 0 Å². The maximum Gasteiger partial charge on any atom is 0.252 e. The first kappa shape index (κ1) is 17.0. The van der Waals surface area contributed by atoms with Crippen molar-refractivity contribution in [1.29, 1.82) is 0 Å². The lowest BCUT2D eigenvalue weighted by molar-refractivity contribution is 0.0955. The number of amides is 1. The quantitative estimate of drug-likeness (QED) is 0.795. The summed E-state index contributed by atoms with van der Waals surface area (Å²) in [5.41, 5.74) is 5.33. The Labute approximate surface area is 147 Å². The molecule has 0 unspecified atom stereocenters. The number of benzene rings is 1. The lowest BCUT2D eigenvalue weighted by atomic mass is 10.0. The molecule has 0 saturated heterocycles. The predicted molar refractivity (Wildman–Crippen MR) is 98.8 cm³/mol. The molecule has 5 nitrogen and oxygen atoms in total. The van der Waals surface area contributed by atoms with Crippen molar-refractivity contribution in [2.75, 3.05) is 6.54 Å². The van der Waals surface area contributed by atoms with Gasteiger partial charge in [-0.3, -0.25) is 9.78 Å². The normalized spacial score (nSPS) is 10.9. The zero-order valence-corrected chi connectivity index (χ0v) is 15.1. The minimum Gasteiger partial charge on any atom is -0.352 e. The number of aromatic nitrogens is 3. The monoisotopic (exact) mass is 334 g/mol. The number of para-hydroxylation sites is 1. The van der Waals surface area contributed by atoms with Crippen molar-refractivity contribution in [1.82, 2.24) is 20.3 Å². The molecule has 0 atom stereocenters. The topological polar surface area (TPSA) is 67.8 Å². The number of carbonyl (C=O) groups is 1. The molecule has 3 aromatic rings. The Hall–Kier alpha value is -2.82. The van der Waals surface area contributed by atoms with Crippen LogP contribution in [0, 0.1) is 27.7 Å². The number of aryl methyl sites for hydroxylation is 4. The number of nitrogens with one attached hydrogen (secondary N) is 1. The first-order valence-corrected chi connectivity index (χ1v) is 8.40. The first-order chi connectivity index (χ1) is 11.9. The zero-order chi connectivity index (χ0) is 18.0. The highest BCUT2D eigenvalue weighted by Gasteiger charge is 2.13. The third-order valence-corrected chi connectivity index (χ3v) is 4.08. The van der Waals surface area contributed by atoms with Crippen molar-refractivity contribution in [2.45, 2.75) is 34.1 Å². The molecule has 2 heterocycles. The Morgan fingerprint density at radius 1 is 0.960 bits per heavy atom. The average Bonchev–Trinajstić information content (AvgIpc) is 2.54. The van der Waals surface area contributed by atoms with Gasteiger partial charge in [-0.2, -0.15) is 0 Å². The SMILES string of the molecule is Cc1cc(C)nc(CCNC(=O)c2cc(C)nc3c(C)cccc23)n1. The van der Waals surface area contributed by atoms with E-state index in [2.05, 4.69) is 20.3 Å². The van der Waals surface area contributed by atoms with Crippen LogP contribution in [0.25, 0.3) is 10.9 Å². The van der Waals surface area contributed by atoms with Crippen LogP contribution in [0.1, 0.15) is 38.8 Å². The van der Waals surface area contributed by atoms with Crippen LogP contribution < -0.4 is 5.32 Å². The Bertz CT molecular complexity index is 930. The van der Waals surface area contributed by atoms with Crippen molar-refractivity contribution >= 4 is 16.8 Å². The summed E-state index contributed by atoms with van der Waals surface area (Å²) in [6, 6.07) is 9.68. The second kappa shape index (κ2) is 6.97. The molecule has 0 aliphatic rings. The van der Waals surface area contributed by atoms with Gasteiger partial charge in [-0.15, -0.1) is 0 Å². The number of carbonyl (C=O) groups excluding carboxylic acids is 1. The second-order valence-corrected chi connectivity index (χ2v) is 6.36. The molecule has 0 fully saturated rings. The van der Waals surface area contributed by atoms with Gasteiger partial charge in [0.2, 0.25) is 0 Å². The summed E-state index contributed by atoms with van der Waals surface area (Å²) in [6.45, 7) is 8.31. The van der Waals surface area contributed by atoms with E-state index >= 15 is 0 Å². The third-order valence-electron chi connectivity index (χ3n) is 4.08. The molecular formula is C20H22N4O. The molecule has 0 aliphatic heterocycles. The largest absolute Gasteiger partial charge is 0.352 e. The summed E-state index contributed by atoms with van der Waals surface area (Å²) >= 11 is 0. The van der Waals surface area contributed by atoms with Gasteiger partial charge in [0.1, 0.15) is 5.82 Å². The van der Waals surface area contributed by atoms with Gasteiger partial charge in [0, 0.05) is 35.4 Å². The van der Waals surface area contributed by atoms with Gasteiger partial charge in [-0.1, -0.05) is 18.2 Å². The number of rotatable bonds is 4. The molecule has 0 radical (unpaired) electrons. The van der Waals surface area contributed by atoms with Gasteiger partial charge in [-0.25, -0.2) is 9.97 Å². The lowest BCUT2D eigenvalue weighted by Gasteiger charge is -2.10. The van der Waals surface area contributed by atoms with Crippen LogP contribution in [0.2, 0.25) is 0 Å².